The smallest absolute Gasteiger partial charge is 0.459 e. The second-order valence-corrected chi connectivity index (χ2v) is 3.30. The summed E-state index contributed by atoms with van der Waals surface area (Å²) < 4.78 is 43.6. The summed E-state index contributed by atoms with van der Waals surface area (Å²) >= 11 is 0. The second-order valence-electron chi connectivity index (χ2n) is 3.30. The van der Waals surface area contributed by atoms with Gasteiger partial charge < -0.3 is 4.74 Å². The molecule has 0 bridgehead atoms. The van der Waals surface area contributed by atoms with Crippen LogP contribution in [0.1, 0.15) is 12.5 Å². The molecule has 0 N–H and O–H groups in total. The van der Waals surface area contributed by atoms with Crippen LogP contribution in [0.4, 0.5) is 13.2 Å². The monoisotopic (exact) mass is 248 g/mol. The highest BCUT2D eigenvalue weighted by Crippen LogP contribution is 2.19. The summed E-state index contributed by atoms with van der Waals surface area (Å²) in [6.07, 6.45) is -6.51. The van der Waals surface area contributed by atoms with Crippen LogP contribution in [0.25, 0.3) is 0 Å². The minimum atomic E-state index is -4.84. The Morgan fingerprint density at radius 3 is 2.41 bits per heavy atom. The summed E-state index contributed by atoms with van der Waals surface area (Å²) in [6.45, 7) is 0.909. The quantitative estimate of drug-likeness (QED) is 0.768. The largest absolute Gasteiger partial charge is 0.523 e. The Kier molecular flexibility index (Phi) is 4.51. The third-order valence-electron chi connectivity index (χ3n) is 1.87. The Hall–Kier alpha value is -1.56. The molecule has 0 saturated carbocycles. The maximum Gasteiger partial charge on any atom is 0.523 e. The summed E-state index contributed by atoms with van der Waals surface area (Å²) in [6, 6.07) is 8.64. The fourth-order valence-corrected chi connectivity index (χ4v) is 1.09. The molecular weight excluding hydrogens is 237 g/mol. The van der Waals surface area contributed by atoms with Crippen LogP contribution < -0.4 is 0 Å². The molecule has 3 nitrogen and oxygen atoms in total. The summed E-state index contributed by atoms with van der Waals surface area (Å²) in [7, 11) is 0. The van der Waals surface area contributed by atoms with Gasteiger partial charge in [0.25, 0.3) is 0 Å². The molecule has 0 aliphatic carbocycles. The fourth-order valence-electron chi connectivity index (χ4n) is 1.09. The molecule has 0 aliphatic heterocycles. The second kappa shape index (κ2) is 5.67. The van der Waals surface area contributed by atoms with Crippen molar-refractivity contribution in [3.8, 4) is 0 Å². The van der Waals surface area contributed by atoms with Gasteiger partial charge in [0.05, 0.1) is 0 Å². The van der Waals surface area contributed by atoms with E-state index in [0.29, 0.717) is 5.56 Å². The molecule has 0 aliphatic rings. The van der Waals surface area contributed by atoms with Crippen molar-refractivity contribution >= 4 is 5.97 Å². The van der Waals surface area contributed by atoms with Gasteiger partial charge in [-0.3, -0.25) is 4.74 Å². The Labute approximate surface area is 96.1 Å². The number of carbonyl (C=O) groups is 1. The van der Waals surface area contributed by atoms with E-state index in [-0.39, 0.29) is 6.61 Å². The molecule has 0 radical (unpaired) electrons. The number of hydrogen-bond donors (Lipinski definition) is 0. The lowest BCUT2D eigenvalue weighted by Crippen LogP contribution is -2.29. The molecule has 0 aromatic heterocycles. The summed E-state index contributed by atoms with van der Waals surface area (Å²) in [5, 5.41) is 0. The Balaban J connectivity index is 2.40. The molecule has 17 heavy (non-hydrogen) atoms. The molecule has 1 rings (SSSR count). The summed E-state index contributed by atoms with van der Waals surface area (Å²) in [5.74, 6) is -1.05. The maximum atomic E-state index is 11.8. The Bertz CT molecular complexity index is 362. The van der Waals surface area contributed by atoms with Gasteiger partial charge in [0.1, 0.15) is 6.61 Å². The number of hydrogen-bond acceptors (Lipinski definition) is 3. The Morgan fingerprint density at radius 2 is 1.88 bits per heavy atom. The Morgan fingerprint density at radius 1 is 1.29 bits per heavy atom. The van der Waals surface area contributed by atoms with Crippen molar-refractivity contribution in [2.75, 3.05) is 0 Å². The minimum Gasteiger partial charge on any atom is -0.459 e. The van der Waals surface area contributed by atoms with Crippen molar-refractivity contribution in [3.63, 3.8) is 0 Å². The molecule has 0 heterocycles. The van der Waals surface area contributed by atoms with Gasteiger partial charge in [-0.05, 0) is 12.5 Å². The molecular formula is C11H11F3O3. The van der Waals surface area contributed by atoms with Crippen LogP contribution in [0.5, 0.6) is 0 Å². The summed E-state index contributed by atoms with van der Waals surface area (Å²) in [5.41, 5.74) is 0.694. The average molecular weight is 248 g/mol. The third kappa shape index (κ3) is 5.35. The zero-order chi connectivity index (χ0) is 12.9. The zero-order valence-electron chi connectivity index (χ0n) is 9.03. The normalized spacial score (nSPS) is 13.2. The van der Waals surface area contributed by atoms with E-state index in [2.05, 4.69) is 9.47 Å². The first kappa shape index (κ1) is 13.5. The van der Waals surface area contributed by atoms with Gasteiger partial charge in [-0.2, -0.15) is 0 Å². The number of ether oxygens (including phenoxy) is 2. The average Bonchev–Trinajstić information content (AvgIpc) is 2.25. The number of esters is 1. The van der Waals surface area contributed by atoms with Crippen LogP contribution >= 0.6 is 0 Å². The standard InChI is InChI=1S/C11H11F3O3/c1-8(17-11(12,13)14)10(15)16-7-9-5-3-2-4-6-9/h2-6,8H,7H2,1H3/t8-/m0/s1. The lowest BCUT2D eigenvalue weighted by Gasteiger charge is -2.14. The predicted molar refractivity (Wildman–Crippen MR) is 52.8 cm³/mol. The lowest BCUT2D eigenvalue weighted by atomic mass is 10.2. The zero-order valence-corrected chi connectivity index (χ0v) is 9.03. The van der Waals surface area contributed by atoms with Gasteiger partial charge >= 0.3 is 12.3 Å². The molecule has 6 heteroatoms. The van der Waals surface area contributed by atoms with E-state index in [1.807, 2.05) is 0 Å². The van der Waals surface area contributed by atoms with Crippen LogP contribution in [0, 0.1) is 0 Å². The van der Waals surface area contributed by atoms with Gasteiger partial charge in [-0.1, -0.05) is 30.3 Å². The lowest BCUT2D eigenvalue weighted by molar-refractivity contribution is -0.338. The van der Waals surface area contributed by atoms with Crippen LogP contribution in [-0.4, -0.2) is 18.4 Å². The van der Waals surface area contributed by atoms with Gasteiger partial charge in [-0.25, -0.2) is 4.79 Å². The van der Waals surface area contributed by atoms with Crippen molar-refractivity contribution < 1.29 is 27.4 Å². The topological polar surface area (TPSA) is 35.5 Å². The molecule has 0 unspecified atom stereocenters. The molecule has 1 aromatic rings. The molecule has 1 atom stereocenters. The van der Waals surface area contributed by atoms with Crippen molar-refractivity contribution in [2.45, 2.75) is 26.0 Å². The van der Waals surface area contributed by atoms with Gasteiger partial charge in [0.15, 0.2) is 6.10 Å². The minimum absolute atomic E-state index is 0.0781. The van der Waals surface area contributed by atoms with Gasteiger partial charge in [-0.15, -0.1) is 13.2 Å². The third-order valence-corrected chi connectivity index (χ3v) is 1.87. The maximum absolute atomic E-state index is 11.8. The van der Waals surface area contributed by atoms with E-state index in [0.717, 1.165) is 6.92 Å². The van der Waals surface area contributed by atoms with E-state index in [4.69, 9.17) is 0 Å². The first-order valence-corrected chi connectivity index (χ1v) is 4.83. The predicted octanol–water partition coefficient (Wildman–Crippen LogP) is 2.65. The fraction of sp³-hybridized carbons (Fsp3) is 0.364. The number of carbonyl (C=O) groups excluding carboxylic acids is 1. The molecule has 94 valence electrons. The first-order chi connectivity index (χ1) is 7.88. The van der Waals surface area contributed by atoms with E-state index >= 15 is 0 Å². The molecule has 0 amide bonds. The highest BCUT2D eigenvalue weighted by Gasteiger charge is 2.35. The number of benzene rings is 1. The number of halogens is 3. The van der Waals surface area contributed by atoms with Crippen LogP contribution in [-0.2, 0) is 20.9 Å². The summed E-state index contributed by atoms with van der Waals surface area (Å²) in [4.78, 5) is 11.1. The van der Waals surface area contributed by atoms with Crippen LogP contribution in [0.3, 0.4) is 0 Å². The first-order valence-electron chi connectivity index (χ1n) is 4.83. The van der Waals surface area contributed by atoms with E-state index in [9.17, 15) is 18.0 Å². The highest BCUT2D eigenvalue weighted by atomic mass is 19.4. The van der Waals surface area contributed by atoms with Crippen molar-refractivity contribution in [1.29, 1.82) is 0 Å². The molecule has 0 fully saturated rings. The van der Waals surface area contributed by atoms with Crippen molar-refractivity contribution in [3.05, 3.63) is 35.9 Å². The molecule has 1 aromatic carbocycles. The van der Waals surface area contributed by atoms with Crippen LogP contribution in [0.2, 0.25) is 0 Å². The number of rotatable bonds is 4. The van der Waals surface area contributed by atoms with E-state index in [1.54, 1.807) is 30.3 Å². The van der Waals surface area contributed by atoms with Crippen molar-refractivity contribution in [1.82, 2.24) is 0 Å². The van der Waals surface area contributed by atoms with Gasteiger partial charge in [0.2, 0.25) is 0 Å². The highest BCUT2D eigenvalue weighted by molar-refractivity contribution is 5.74. The SMILES string of the molecule is C[C@H](OC(F)(F)F)C(=O)OCc1ccccc1. The van der Waals surface area contributed by atoms with Crippen molar-refractivity contribution in [2.24, 2.45) is 0 Å². The van der Waals surface area contributed by atoms with Crippen LogP contribution in [0.15, 0.2) is 30.3 Å². The van der Waals surface area contributed by atoms with E-state index < -0.39 is 18.4 Å². The molecule has 0 saturated heterocycles. The van der Waals surface area contributed by atoms with E-state index in [1.165, 1.54) is 0 Å². The molecule has 0 spiro atoms. The van der Waals surface area contributed by atoms with Gasteiger partial charge in [0, 0.05) is 0 Å². The number of alkyl halides is 3.